The number of rotatable bonds is 40. The average Bonchev–Trinajstić information content (AvgIpc) is 1.66. The maximum atomic E-state index is 13.3. The number of benzene rings is 3. The van der Waals surface area contributed by atoms with Gasteiger partial charge in [-0.05, 0) is 98.5 Å². The zero-order valence-corrected chi connectivity index (χ0v) is 65.6. The van der Waals surface area contributed by atoms with Gasteiger partial charge in [0.15, 0.2) is 17.1 Å². The van der Waals surface area contributed by atoms with Crippen molar-refractivity contribution in [3.05, 3.63) is 89.9 Å². The number of carbonyl (C=O) groups excluding carboxylic acids is 9. The van der Waals surface area contributed by atoms with E-state index in [1.54, 1.807) is 74.9 Å². The molecule has 588 valence electrons. The van der Waals surface area contributed by atoms with Crippen LogP contribution in [0.2, 0.25) is 0 Å². The maximum absolute atomic E-state index is 13.3. The van der Waals surface area contributed by atoms with E-state index in [1.807, 2.05) is 82.3 Å². The number of carbonyl (C=O) groups is 9. The Morgan fingerprint density at radius 1 is 0.402 bits per heavy atom. The van der Waals surface area contributed by atoms with Gasteiger partial charge in [-0.2, -0.15) is 15.3 Å². The summed E-state index contributed by atoms with van der Waals surface area (Å²) in [4.78, 5) is 112. The molecular weight excluding hydrogens is 1380 g/mol. The predicted molar refractivity (Wildman–Crippen MR) is 404 cm³/mol. The van der Waals surface area contributed by atoms with Gasteiger partial charge in [0.2, 0.25) is 17.7 Å². The first-order valence-electron chi connectivity index (χ1n) is 36.1. The van der Waals surface area contributed by atoms with Gasteiger partial charge in [0, 0.05) is 13.1 Å². The fourth-order valence-corrected chi connectivity index (χ4v) is 10.9. The monoisotopic (exact) mass is 1490 g/mol. The first-order chi connectivity index (χ1) is 51.2. The van der Waals surface area contributed by atoms with Crippen LogP contribution in [0.1, 0.15) is 171 Å². The molecule has 0 saturated heterocycles. The van der Waals surface area contributed by atoms with Crippen molar-refractivity contribution in [3.8, 4) is 68.3 Å². The second kappa shape index (κ2) is 45.6. The largest absolute Gasteiger partial charge is 0.496 e. The first kappa shape index (κ1) is 88.7. The average molecular weight is 1490 g/mol. The van der Waals surface area contributed by atoms with Gasteiger partial charge in [0.25, 0.3) is 17.7 Å². The number of methoxy groups -OCH3 is 9. The van der Waals surface area contributed by atoms with E-state index in [4.69, 9.17) is 28.4 Å². The molecule has 107 heavy (non-hydrogen) atoms. The molecule has 6 rings (SSSR count). The van der Waals surface area contributed by atoms with E-state index < -0.39 is 71.5 Å². The van der Waals surface area contributed by atoms with E-state index in [0.29, 0.717) is 107 Å². The molecule has 0 aliphatic carbocycles. The van der Waals surface area contributed by atoms with E-state index in [9.17, 15) is 43.2 Å². The summed E-state index contributed by atoms with van der Waals surface area (Å²) in [6.07, 6.45) is 6.91. The van der Waals surface area contributed by atoms with Gasteiger partial charge in [-0.25, -0.2) is 0 Å². The number of unbranched alkanes of at least 4 members (excludes halogenated alkanes) is 3. The molecule has 30 nitrogen and oxygen atoms in total. The van der Waals surface area contributed by atoms with Crippen LogP contribution in [-0.4, -0.2) is 184 Å². The Bertz CT molecular complexity index is 3810. The zero-order valence-electron chi connectivity index (χ0n) is 65.6. The number of aromatic nitrogens is 6. The van der Waals surface area contributed by atoms with Crippen molar-refractivity contribution < 1.29 is 85.8 Å². The van der Waals surface area contributed by atoms with Crippen LogP contribution in [-0.2, 0) is 56.1 Å². The SMILES string of the molecule is CCCC[C@H](NC(=O)c1cc(-c2c(OC)cccc2OC)n(C(C)C(C)C)n1)C(=O)NCC(=O)OC.CCCC[C@H](NC(=O)c1cc(-c2c(OC)cccc2OC)n(CC(C)C)n1)C(=O)NCC(=O)OC.CCCC[C@H](NC(=O)c1cc(-c2c(OC)cccc2OC)n(CC(C)CC)n1)C(=O)NCC(=O)OC. The van der Waals surface area contributed by atoms with Crippen molar-refractivity contribution in [2.45, 2.75) is 171 Å². The second-order valence-corrected chi connectivity index (χ2v) is 25.9. The number of amides is 6. The van der Waals surface area contributed by atoms with E-state index in [-0.39, 0.29) is 54.6 Å². The van der Waals surface area contributed by atoms with Gasteiger partial charge in [0.05, 0.1) is 104 Å². The molecule has 3 aromatic heterocycles. The summed E-state index contributed by atoms with van der Waals surface area (Å²) in [5.41, 5.74) is 4.55. The zero-order chi connectivity index (χ0) is 79.4. The van der Waals surface area contributed by atoms with Gasteiger partial charge < -0.3 is 74.5 Å². The van der Waals surface area contributed by atoms with Crippen LogP contribution >= 0.6 is 0 Å². The van der Waals surface area contributed by atoms with Gasteiger partial charge in [0.1, 0.15) is 72.3 Å². The molecule has 6 aromatic rings. The standard InChI is InChI=1S/2C26H38N4O6.C25H36N4O6/c1-8-9-11-18(25(32)27-15-23(31)36-7)28-26(33)19-14-20(30(29-19)17(4)16(2)3)24-21(34-5)12-10-13-22(24)35-6;1-7-9-11-18(25(32)27-15-23(31)36-6)28-26(33)19-14-20(30(29-19)16-17(3)8-2)24-21(34-4)12-10-13-22(24)35-5;1-7-8-10-17(24(31)26-14-22(30)35-6)27-25(32)18-13-19(29(28-18)15-16(2)3)23-20(33-4)11-9-12-21(23)34-5/h10,12-14,16-18H,8-9,11,15H2,1-7H3,(H,27,32)(H,28,33);10,12-14,17-18H,7-9,11,15-16H2,1-6H3,(H,27,32)(H,28,33);9,11-13,16-17H,7-8,10,14-15H2,1-6H3,(H,26,31)(H,27,32)/t2*17?,18-;17-/m000/s1. The fourth-order valence-electron chi connectivity index (χ4n) is 10.9. The summed E-state index contributed by atoms with van der Waals surface area (Å²) in [6.45, 7) is 20.8. The van der Waals surface area contributed by atoms with Crippen molar-refractivity contribution in [3.63, 3.8) is 0 Å². The minimum absolute atomic E-state index is 0.0459. The Labute approximate surface area is 628 Å². The normalized spacial score (nSPS) is 12.2. The summed E-state index contributed by atoms with van der Waals surface area (Å²) in [5.74, 6) is -0.211. The smallest absolute Gasteiger partial charge is 0.325 e. The molecule has 3 heterocycles. The van der Waals surface area contributed by atoms with Crippen molar-refractivity contribution in [1.82, 2.24) is 61.2 Å². The summed E-state index contributed by atoms with van der Waals surface area (Å²) in [5, 5.41) is 29.7. The molecule has 6 N–H and O–H groups in total. The number of ether oxygens (including phenoxy) is 9. The van der Waals surface area contributed by atoms with Gasteiger partial charge in [-0.3, -0.25) is 57.2 Å². The number of nitrogens with one attached hydrogen (secondary N) is 6. The molecule has 3 aromatic carbocycles. The molecule has 0 spiro atoms. The molecule has 2 unspecified atom stereocenters. The Hall–Kier alpha value is -10.7. The molecule has 6 amide bonds. The highest BCUT2D eigenvalue weighted by atomic mass is 16.5. The van der Waals surface area contributed by atoms with Crippen molar-refractivity contribution >= 4 is 53.4 Å². The number of esters is 3. The highest BCUT2D eigenvalue weighted by molar-refractivity contribution is 6.00. The molecule has 0 fully saturated rings. The third-order valence-corrected chi connectivity index (χ3v) is 17.4. The molecular formula is C77H112N12O18. The molecule has 30 heteroatoms. The summed E-state index contributed by atoms with van der Waals surface area (Å²) < 4.78 is 52.5. The summed E-state index contributed by atoms with van der Waals surface area (Å²) >= 11 is 0. The van der Waals surface area contributed by atoms with E-state index >= 15 is 0 Å². The van der Waals surface area contributed by atoms with E-state index in [2.05, 4.69) is 103 Å². The van der Waals surface area contributed by atoms with Crippen LogP contribution in [0, 0.1) is 17.8 Å². The predicted octanol–water partition coefficient (Wildman–Crippen LogP) is 9.35. The molecule has 0 bridgehead atoms. The third kappa shape index (κ3) is 26.1. The minimum atomic E-state index is -0.820. The summed E-state index contributed by atoms with van der Waals surface area (Å²) in [6, 6.07) is 18.9. The van der Waals surface area contributed by atoms with Crippen LogP contribution in [0.25, 0.3) is 33.8 Å². The van der Waals surface area contributed by atoms with Crippen LogP contribution in [0.3, 0.4) is 0 Å². The molecule has 0 aliphatic rings. The van der Waals surface area contributed by atoms with Crippen molar-refractivity contribution in [2.24, 2.45) is 17.8 Å². The highest BCUT2D eigenvalue weighted by Gasteiger charge is 2.31. The van der Waals surface area contributed by atoms with Gasteiger partial charge in [-0.1, -0.05) is 125 Å². The minimum Gasteiger partial charge on any atom is -0.496 e. The number of hydrogen-bond donors (Lipinski definition) is 6. The van der Waals surface area contributed by atoms with E-state index in [1.165, 1.54) is 21.3 Å². The van der Waals surface area contributed by atoms with Crippen LogP contribution < -0.4 is 60.3 Å². The Balaban J connectivity index is 0.000000339. The fraction of sp³-hybridized carbons (Fsp3) is 0.532. The van der Waals surface area contributed by atoms with Crippen LogP contribution in [0.4, 0.5) is 0 Å². The maximum Gasteiger partial charge on any atom is 0.325 e. The van der Waals surface area contributed by atoms with E-state index in [0.717, 1.165) is 44.9 Å². The van der Waals surface area contributed by atoms with Crippen LogP contribution in [0.15, 0.2) is 72.8 Å². The molecule has 0 saturated carbocycles. The quantitative estimate of drug-likeness (QED) is 0.0154. The van der Waals surface area contributed by atoms with Crippen LogP contribution in [0.5, 0.6) is 34.5 Å². The molecule has 5 atom stereocenters. The Kier molecular flexibility index (Phi) is 37.8. The first-order valence-corrected chi connectivity index (χ1v) is 36.1. The lowest BCUT2D eigenvalue weighted by Gasteiger charge is -2.21. The number of hydrogen-bond acceptors (Lipinski definition) is 21. The molecule has 0 aliphatic heterocycles. The Morgan fingerprint density at radius 3 is 0.963 bits per heavy atom. The van der Waals surface area contributed by atoms with Gasteiger partial charge >= 0.3 is 17.9 Å². The molecule has 0 radical (unpaired) electrons. The summed E-state index contributed by atoms with van der Waals surface area (Å²) in [7, 11) is 13.2. The third-order valence-electron chi connectivity index (χ3n) is 17.4. The lowest BCUT2D eigenvalue weighted by atomic mass is 10.0. The second-order valence-electron chi connectivity index (χ2n) is 25.9. The topological polar surface area (TPSA) is 362 Å². The van der Waals surface area contributed by atoms with Crippen molar-refractivity contribution in [1.29, 1.82) is 0 Å². The lowest BCUT2D eigenvalue weighted by Crippen LogP contribution is -2.48. The lowest BCUT2D eigenvalue weighted by molar-refractivity contribution is -0.141. The van der Waals surface area contributed by atoms with Gasteiger partial charge in [-0.15, -0.1) is 0 Å². The Morgan fingerprint density at radius 2 is 0.692 bits per heavy atom. The highest BCUT2D eigenvalue weighted by Crippen LogP contribution is 2.42. The van der Waals surface area contributed by atoms with Crippen molar-refractivity contribution in [2.75, 3.05) is 83.6 Å². The number of nitrogens with zero attached hydrogens (tertiary/aromatic N) is 6.